The Hall–Kier alpha value is -1.69. The highest BCUT2D eigenvalue weighted by molar-refractivity contribution is 6.31. The minimum absolute atomic E-state index is 0.0538. The molecule has 1 unspecified atom stereocenters. The van der Waals surface area contributed by atoms with Crippen molar-refractivity contribution >= 4 is 17.7 Å². The van der Waals surface area contributed by atoms with Crippen molar-refractivity contribution in [2.75, 3.05) is 0 Å². The van der Waals surface area contributed by atoms with Crippen LogP contribution in [0.2, 0.25) is 5.02 Å². The second-order valence-corrected chi connectivity index (χ2v) is 3.42. The number of nitrogens with zero attached hydrogens (tertiary/aromatic N) is 2. The van der Waals surface area contributed by atoms with Crippen LogP contribution in [0.1, 0.15) is 12.5 Å². The lowest BCUT2D eigenvalue weighted by atomic mass is 9.94. The van der Waals surface area contributed by atoms with Crippen molar-refractivity contribution in [1.29, 1.82) is 5.26 Å². The van der Waals surface area contributed by atoms with Crippen LogP contribution in [-0.2, 0) is 10.3 Å². The van der Waals surface area contributed by atoms with E-state index in [4.69, 9.17) is 16.9 Å². The second-order valence-electron chi connectivity index (χ2n) is 3.01. The quantitative estimate of drug-likeness (QED) is 0.573. The Morgan fingerprint density at radius 3 is 2.73 bits per heavy atom. The second kappa shape index (κ2) is 4.22. The lowest BCUT2D eigenvalue weighted by Crippen LogP contribution is -2.16. The summed E-state index contributed by atoms with van der Waals surface area (Å²) in [6, 6.07) is 5.35. The Bertz CT molecular complexity index is 477. The van der Waals surface area contributed by atoms with Gasteiger partial charge in [-0.1, -0.05) is 17.7 Å². The van der Waals surface area contributed by atoms with Gasteiger partial charge in [0.1, 0.15) is 5.82 Å². The molecule has 0 spiro atoms. The molecule has 1 rings (SSSR count). The number of rotatable bonds is 2. The van der Waals surface area contributed by atoms with Crippen LogP contribution < -0.4 is 0 Å². The van der Waals surface area contributed by atoms with Gasteiger partial charge >= 0.3 is 0 Å². The number of carbonyl (C=O) groups excluding carboxylic acids is 1. The molecule has 0 fully saturated rings. The van der Waals surface area contributed by atoms with Crippen molar-refractivity contribution in [3.05, 3.63) is 34.6 Å². The maximum absolute atomic E-state index is 12.8. The van der Waals surface area contributed by atoms with Crippen LogP contribution in [0.3, 0.4) is 0 Å². The van der Waals surface area contributed by atoms with Crippen LogP contribution in [-0.4, -0.2) is 6.08 Å². The molecule has 0 heterocycles. The molecule has 1 aromatic carbocycles. The summed E-state index contributed by atoms with van der Waals surface area (Å²) < 4.78 is 12.8. The number of halogens is 2. The topological polar surface area (TPSA) is 53.2 Å². The van der Waals surface area contributed by atoms with E-state index in [0.29, 0.717) is 0 Å². The summed E-state index contributed by atoms with van der Waals surface area (Å²) in [7, 11) is 0. The molecule has 0 saturated heterocycles. The Morgan fingerprint density at radius 2 is 2.27 bits per heavy atom. The van der Waals surface area contributed by atoms with Crippen molar-refractivity contribution in [3.63, 3.8) is 0 Å². The number of benzene rings is 1. The number of hydrogen-bond donors (Lipinski definition) is 0. The Kier molecular flexibility index (Phi) is 3.21. The van der Waals surface area contributed by atoms with Crippen molar-refractivity contribution in [2.24, 2.45) is 4.99 Å². The minimum Gasteiger partial charge on any atom is -0.211 e. The summed E-state index contributed by atoms with van der Waals surface area (Å²) in [6.07, 6.45) is 1.30. The Labute approximate surface area is 90.8 Å². The molecule has 15 heavy (non-hydrogen) atoms. The molecular formula is C10H6ClFN2O. The van der Waals surface area contributed by atoms with Crippen molar-refractivity contribution < 1.29 is 9.18 Å². The molecule has 0 N–H and O–H groups in total. The standard InChI is InChI=1S/C10H6ClFN2O/c1-10(5-13,14-6-15)8-3-2-7(12)4-9(8)11/h2-4H,1H3. The first-order valence-corrected chi connectivity index (χ1v) is 4.37. The summed E-state index contributed by atoms with van der Waals surface area (Å²) in [5.41, 5.74) is -1.15. The fraction of sp³-hybridized carbons (Fsp3) is 0.200. The minimum atomic E-state index is -1.42. The van der Waals surface area contributed by atoms with Crippen LogP contribution in [0.5, 0.6) is 0 Å². The molecular weight excluding hydrogens is 219 g/mol. The van der Waals surface area contributed by atoms with E-state index in [0.717, 1.165) is 12.1 Å². The summed E-state index contributed by atoms with van der Waals surface area (Å²) in [5, 5.41) is 8.94. The van der Waals surface area contributed by atoms with E-state index in [-0.39, 0.29) is 10.6 Å². The predicted molar refractivity (Wildman–Crippen MR) is 52.5 cm³/mol. The summed E-state index contributed by atoms with van der Waals surface area (Å²) in [4.78, 5) is 13.5. The molecule has 0 aromatic heterocycles. The fourth-order valence-electron chi connectivity index (χ4n) is 1.12. The molecule has 0 bridgehead atoms. The van der Waals surface area contributed by atoms with Crippen molar-refractivity contribution in [2.45, 2.75) is 12.5 Å². The highest BCUT2D eigenvalue weighted by Crippen LogP contribution is 2.30. The van der Waals surface area contributed by atoms with E-state index >= 15 is 0 Å². The normalized spacial score (nSPS) is 13.5. The highest BCUT2D eigenvalue weighted by Gasteiger charge is 2.28. The van der Waals surface area contributed by atoms with E-state index in [9.17, 15) is 9.18 Å². The maximum Gasteiger partial charge on any atom is 0.236 e. The zero-order chi connectivity index (χ0) is 11.5. The molecule has 1 atom stereocenters. The highest BCUT2D eigenvalue weighted by atomic mass is 35.5. The van der Waals surface area contributed by atoms with Crippen molar-refractivity contribution in [3.8, 4) is 6.07 Å². The van der Waals surface area contributed by atoms with Crippen LogP contribution in [0.4, 0.5) is 4.39 Å². The van der Waals surface area contributed by atoms with E-state index < -0.39 is 11.4 Å². The van der Waals surface area contributed by atoms with Crippen LogP contribution in [0, 0.1) is 17.1 Å². The first kappa shape index (κ1) is 11.4. The van der Waals surface area contributed by atoms with Gasteiger partial charge in [0, 0.05) is 5.56 Å². The molecule has 1 aromatic rings. The third-order valence-electron chi connectivity index (χ3n) is 1.94. The van der Waals surface area contributed by atoms with Gasteiger partial charge in [-0.2, -0.15) is 10.3 Å². The summed E-state index contributed by atoms with van der Waals surface area (Å²) in [6.45, 7) is 1.40. The Morgan fingerprint density at radius 1 is 1.60 bits per heavy atom. The van der Waals surface area contributed by atoms with Crippen molar-refractivity contribution in [1.82, 2.24) is 0 Å². The van der Waals surface area contributed by atoms with E-state index in [1.54, 1.807) is 0 Å². The van der Waals surface area contributed by atoms with Gasteiger partial charge in [0.2, 0.25) is 6.08 Å². The number of aliphatic imine (C=N–C) groups is 1. The third kappa shape index (κ3) is 2.21. The summed E-state index contributed by atoms with van der Waals surface area (Å²) >= 11 is 5.75. The molecule has 0 saturated carbocycles. The van der Waals surface area contributed by atoms with E-state index in [1.807, 2.05) is 6.07 Å². The van der Waals surface area contributed by atoms with E-state index in [2.05, 4.69) is 4.99 Å². The largest absolute Gasteiger partial charge is 0.236 e. The molecule has 3 nitrogen and oxygen atoms in total. The first-order valence-electron chi connectivity index (χ1n) is 3.99. The average Bonchev–Trinajstić information content (AvgIpc) is 2.17. The monoisotopic (exact) mass is 224 g/mol. The first-order chi connectivity index (χ1) is 7.03. The van der Waals surface area contributed by atoms with Gasteiger partial charge in [-0.25, -0.2) is 9.18 Å². The number of nitriles is 1. The zero-order valence-corrected chi connectivity index (χ0v) is 8.55. The van der Waals surface area contributed by atoms with Gasteiger partial charge in [0.05, 0.1) is 11.1 Å². The maximum atomic E-state index is 12.8. The lowest BCUT2D eigenvalue weighted by Gasteiger charge is -2.15. The number of isocyanates is 1. The zero-order valence-electron chi connectivity index (χ0n) is 7.79. The molecule has 0 radical (unpaired) electrons. The average molecular weight is 225 g/mol. The molecule has 76 valence electrons. The van der Waals surface area contributed by atoms with Gasteiger partial charge in [-0.3, -0.25) is 0 Å². The van der Waals surface area contributed by atoms with Crippen LogP contribution in [0.25, 0.3) is 0 Å². The van der Waals surface area contributed by atoms with E-state index in [1.165, 1.54) is 19.1 Å². The van der Waals surface area contributed by atoms with Crippen LogP contribution >= 0.6 is 11.6 Å². The molecule has 0 aliphatic rings. The predicted octanol–water partition coefficient (Wildman–Crippen LogP) is 2.55. The SMILES string of the molecule is CC(C#N)(N=C=O)c1ccc(F)cc1Cl. The molecule has 5 heteroatoms. The molecule has 0 aliphatic carbocycles. The molecule has 0 amide bonds. The smallest absolute Gasteiger partial charge is 0.211 e. The van der Waals surface area contributed by atoms with Gasteiger partial charge in [0.25, 0.3) is 0 Å². The van der Waals surface area contributed by atoms with Gasteiger partial charge in [-0.05, 0) is 19.1 Å². The Balaban J connectivity index is 3.38. The summed E-state index contributed by atoms with van der Waals surface area (Å²) in [5.74, 6) is -0.515. The van der Waals surface area contributed by atoms with Gasteiger partial charge in [0.15, 0.2) is 5.54 Å². The molecule has 0 aliphatic heterocycles. The van der Waals surface area contributed by atoms with Crippen LogP contribution in [0.15, 0.2) is 23.2 Å². The number of hydrogen-bond acceptors (Lipinski definition) is 3. The third-order valence-corrected chi connectivity index (χ3v) is 2.26. The van der Waals surface area contributed by atoms with Gasteiger partial charge < -0.3 is 0 Å². The van der Waals surface area contributed by atoms with Gasteiger partial charge in [-0.15, -0.1) is 0 Å². The fourth-order valence-corrected chi connectivity index (χ4v) is 1.47. The lowest BCUT2D eigenvalue weighted by molar-refractivity contribution is 0.548.